The summed E-state index contributed by atoms with van der Waals surface area (Å²) in [6.45, 7) is 7.20. The molecule has 0 bridgehead atoms. The van der Waals surface area contributed by atoms with E-state index in [-0.39, 0.29) is 5.97 Å². The van der Waals surface area contributed by atoms with Crippen molar-refractivity contribution in [2.24, 2.45) is 0 Å². The highest BCUT2D eigenvalue weighted by Gasteiger charge is 2.50. The highest BCUT2D eigenvalue weighted by Crippen LogP contribution is 2.50. The minimum atomic E-state index is -0.953. The number of rotatable bonds is 3. The van der Waals surface area contributed by atoms with Crippen LogP contribution in [0.25, 0.3) is 10.9 Å². The van der Waals surface area contributed by atoms with E-state index in [4.69, 9.17) is 4.74 Å². The van der Waals surface area contributed by atoms with E-state index in [1.807, 2.05) is 24.3 Å². The van der Waals surface area contributed by atoms with Crippen LogP contribution in [0.1, 0.15) is 45.2 Å². The van der Waals surface area contributed by atoms with Crippen LogP contribution in [-0.4, -0.2) is 10.5 Å². The summed E-state index contributed by atoms with van der Waals surface area (Å²) < 4.78 is 8.63. The Morgan fingerprint density at radius 3 is 2.34 bits per heavy atom. The molecule has 1 aliphatic heterocycles. The number of hydrogen-bond donors (Lipinski definition) is 0. The molecule has 2 heterocycles. The van der Waals surface area contributed by atoms with Gasteiger partial charge in [0.15, 0.2) is 5.60 Å². The van der Waals surface area contributed by atoms with E-state index >= 15 is 0 Å². The molecule has 4 aromatic rings. The number of fused-ring (bicyclic) bond motifs is 2. The average molecular weight is 381 g/mol. The van der Waals surface area contributed by atoms with Crippen LogP contribution >= 0.6 is 0 Å². The van der Waals surface area contributed by atoms with Crippen molar-refractivity contribution < 1.29 is 9.53 Å². The highest BCUT2D eigenvalue weighted by atomic mass is 16.6. The number of carbonyl (C=O) groups excluding carboxylic acids is 1. The molecule has 0 N–H and O–H groups in total. The lowest BCUT2D eigenvalue weighted by Gasteiger charge is -2.31. The fourth-order valence-corrected chi connectivity index (χ4v) is 4.83. The van der Waals surface area contributed by atoms with Crippen LogP contribution in [0, 0.1) is 13.8 Å². The number of para-hydroxylation sites is 1. The van der Waals surface area contributed by atoms with Crippen molar-refractivity contribution in [3.8, 4) is 0 Å². The van der Waals surface area contributed by atoms with E-state index in [0.29, 0.717) is 5.56 Å². The molecule has 0 spiro atoms. The average Bonchev–Trinajstić information content (AvgIpc) is 3.20. The van der Waals surface area contributed by atoms with Gasteiger partial charge in [0.2, 0.25) is 0 Å². The lowest BCUT2D eigenvalue weighted by atomic mass is 9.78. The fraction of sp³-hybridized carbons (Fsp3) is 0.192. The first-order valence-electron chi connectivity index (χ1n) is 10.1. The number of ether oxygens (including phenoxy) is 1. The van der Waals surface area contributed by atoms with Crippen molar-refractivity contribution in [1.29, 1.82) is 0 Å². The molecule has 3 nitrogen and oxygen atoms in total. The van der Waals surface area contributed by atoms with Gasteiger partial charge in [-0.2, -0.15) is 0 Å². The largest absolute Gasteiger partial charge is 0.440 e. The number of cyclic esters (lactones) is 1. The van der Waals surface area contributed by atoms with Crippen molar-refractivity contribution in [2.45, 2.75) is 32.9 Å². The molecular formula is C26H23NO2. The third-order valence-corrected chi connectivity index (χ3v) is 6.13. The van der Waals surface area contributed by atoms with Crippen molar-refractivity contribution >= 4 is 16.9 Å². The van der Waals surface area contributed by atoms with Gasteiger partial charge in [0.05, 0.1) is 5.56 Å². The molecule has 5 rings (SSSR count). The second-order valence-electron chi connectivity index (χ2n) is 7.70. The number of benzene rings is 3. The number of carbonyl (C=O) groups is 1. The van der Waals surface area contributed by atoms with E-state index in [9.17, 15) is 4.79 Å². The summed E-state index contributed by atoms with van der Waals surface area (Å²) in [5.74, 6) is -0.270. The third kappa shape index (κ3) is 2.34. The maximum absolute atomic E-state index is 13.0. The molecule has 1 aromatic heterocycles. The summed E-state index contributed by atoms with van der Waals surface area (Å²) >= 11 is 0. The van der Waals surface area contributed by atoms with E-state index < -0.39 is 5.60 Å². The standard InChI is InChI=1S/C26H23NO2/c1-4-27-18(3)24(21-10-6-8-12-23(21)27)26(19-15-13-17(2)14-16-19)22-11-7-5-9-20(22)25(28)29-26/h5-16H,4H2,1-3H3. The van der Waals surface area contributed by atoms with Gasteiger partial charge in [0.1, 0.15) is 0 Å². The maximum Gasteiger partial charge on any atom is 0.340 e. The van der Waals surface area contributed by atoms with Gasteiger partial charge in [-0.1, -0.05) is 66.2 Å². The number of nitrogens with zero attached hydrogens (tertiary/aromatic N) is 1. The highest BCUT2D eigenvalue weighted by molar-refractivity contribution is 5.98. The SMILES string of the molecule is CCn1c(C)c(C2(c3ccc(C)cc3)OC(=O)c3ccccc32)c2ccccc21. The van der Waals surface area contributed by atoms with Gasteiger partial charge >= 0.3 is 5.97 Å². The Morgan fingerprint density at radius 1 is 0.897 bits per heavy atom. The Labute approximate surface area is 170 Å². The zero-order valence-electron chi connectivity index (χ0n) is 16.9. The number of hydrogen-bond acceptors (Lipinski definition) is 2. The summed E-state index contributed by atoms with van der Waals surface area (Å²) in [6.07, 6.45) is 0. The smallest absolute Gasteiger partial charge is 0.340 e. The molecule has 1 atom stereocenters. The Bertz CT molecular complexity index is 1250. The first-order valence-corrected chi connectivity index (χ1v) is 10.1. The normalized spacial score (nSPS) is 18.1. The van der Waals surface area contributed by atoms with Crippen LogP contribution in [0.15, 0.2) is 72.8 Å². The topological polar surface area (TPSA) is 31.2 Å². The lowest BCUT2D eigenvalue weighted by Crippen LogP contribution is -2.30. The zero-order chi connectivity index (χ0) is 20.2. The zero-order valence-corrected chi connectivity index (χ0v) is 16.9. The van der Waals surface area contributed by atoms with Gasteiger partial charge in [-0.25, -0.2) is 4.79 Å². The second-order valence-corrected chi connectivity index (χ2v) is 7.70. The van der Waals surface area contributed by atoms with Crippen LogP contribution in [-0.2, 0) is 16.9 Å². The Morgan fingerprint density at radius 2 is 1.59 bits per heavy atom. The molecule has 0 amide bonds. The minimum Gasteiger partial charge on any atom is -0.440 e. The minimum absolute atomic E-state index is 0.270. The van der Waals surface area contributed by atoms with Gasteiger partial charge in [-0.05, 0) is 32.9 Å². The molecule has 29 heavy (non-hydrogen) atoms. The van der Waals surface area contributed by atoms with Crippen LogP contribution in [0.2, 0.25) is 0 Å². The lowest BCUT2D eigenvalue weighted by molar-refractivity contribution is 0.0253. The molecule has 0 aliphatic carbocycles. The Balaban J connectivity index is 1.95. The van der Waals surface area contributed by atoms with Crippen LogP contribution in [0.3, 0.4) is 0 Å². The molecule has 0 radical (unpaired) electrons. The molecule has 1 unspecified atom stereocenters. The van der Waals surface area contributed by atoms with Gasteiger partial charge in [-0.3, -0.25) is 0 Å². The van der Waals surface area contributed by atoms with Crippen molar-refractivity contribution in [3.63, 3.8) is 0 Å². The van der Waals surface area contributed by atoms with E-state index in [1.165, 1.54) is 5.56 Å². The predicted octanol–water partition coefficient (Wildman–Crippen LogP) is 5.74. The predicted molar refractivity (Wildman–Crippen MR) is 115 cm³/mol. The van der Waals surface area contributed by atoms with Crippen molar-refractivity contribution in [2.75, 3.05) is 0 Å². The van der Waals surface area contributed by atoms with E-state index in [1.54, 1.807) is 0 Å². The van der Waals surface area contributed by atoms with Gasteiger partial charge in [0, 0.05) is 39.8 Å². The first kappa shape index (κ1) is 17.7. The Hall–Kier alpha value is -3.33. The molecular weight excluding hydrogens is 358 g/mol. The van der Waals surface area contributed by atoms with Gasteiger partial charge < -0.3 is 9.30 Å². The first-order chi connectivity index (χ1) is 14.1. The fourth-order valence-electron chi connectivity index (χ4n) is 4.83. The molecule has 0 saturated carbocycles. The van der Waals surface area contributed by atoms with Crippen molar-refractivity contribution in [1.82, 2.24) is 4.57 Å². The number of esters is 1. The molecule has 3 heteroatoms. The maximum atomic E-state index is 13.0. The van der Waals surface area contributed by atoms with Crippen LogP contribution in [0.5, 0.6) is 0 Å². The Kier molecular flexibility index (Phi) is 3.88. The van der Waals surface area contributed by atoms with Crippen molar-refractivity contribution in [3.05, 3.63) is 106 Å². The number of aryl methyl sites for hydroxylation is 2. The summed E-state index contributed by atoms with van der Waals surface area (Å²) in [5.41, 5.74) is 6.09. The molecule has 0 fully saturated rings. The van der Waals surface area contributed by atoms with Gasteiger partial charge in [-0.15, -0.1) is 0 Å². The molecule has 0 saturated heterocycles. The molecule has 3 aromatic carbocycles. The summed E-state index contributed by atoms with van der Waals surface area (Å²) in [5, 5.41) is 1.12. The summed E-state index contributed by atoms with van der Waals surface area (Å²) in [4.78, 5) is 13.0. The van der Waals surface area contributed by atoms with Crippen LogP contribution in [0.4, 0.5) is 0 Å². The van der Waals surface area contributed by atoms with E-state index in [2.05, 4.69) is 73.9 Å². The summed E-state index contributed by atoms with van der Waals surface area (Å²) in [7, 11) is 0. The quantitative estimate of drug-likeness (QED) is 0.424. The molecule has 144 valence electrons. The van der Waals surface area contributed by atoms with Crippen LogP contribution < -0.4 is 0 Å². The van der Waals surface area contributed by atoms with Gasteiger partial charge in [0.25, 0.3) is 0 Å². The third-order valence-electron chi connectivity index (χ3n) is 6.13. The molecule has 1 aliphatic rings. The van der Waals surface area contributed by atoms with E-state index in [0.717, 1.165) is 39.8 Å². The second kappa shape index (κ2) is 6.35. The number of aromatic nitrogens is 1. The summed E-state index contributed by atoms with van der Waals surface area (Å²) in [6, 6.07) is 24.5. The monoisotopic (exact) mass is 381 g/mol.